The van der Waals surface area contributed by atoms with E-state index in [1.54, 1.807) is 0 Å². The molecule has 12 aromatic rings. The Balaban J connectivity index is 0.00000306. The van der Waals surface area contributed by atoms with Gasteiger partial charge >= 0.3 is 42.1 Å². The summed E-state index contributed by atoms with van der Waals surface area (Å²) in [5.41, 5.74) is 8.48. The molecular weight excluding hydrogens is 1260 g/mol. The zero-order valence-corrected chi connectivity index (χ0v) is 46.5. The van der Waals surface area contributed by atoms with Gasteiger partial charge in [-0.3, -0.25) is 0 Å². The van der Waals surface area contributed by atoms with Crippen LogP contribution in [-0.4, -0.2) is 33.6 Å². The van der Waals surface area contributed by atoms with Gasteiger partial charge in [0.05, 0.1) is 0 Å². The van der Waals surface area contributed by atoms with Gasteiger partial charge in [-0.1, -0.05) is 121 Å². The van der Waals surface area contributed by atoms with Gasteiger partial charge in [0.25, 0.3) is 0 Å². The van der Waals surface area contributed by atoms with Crippen LogP contribution in [0.4, 0.5) is 0 Å². The largest absolute Gasteiger partial charge is 2.00 e. The summed E-state index contributed by atoms with van der Waals surface area (Å²) in [5.74, 6) is 4.24. The Morgan fingerprint density at radius 1 is 0.370 bits per heavy atom. The van der Waals surface area contributed by atoms with Gasteiger partial charge in [-0.15, -0.1) is 59.3 Å². The van der Waals surface area contributed by atoms with E-state index in [2.05, 4.69) is 193 Å². The summed E-state index contributed by atoms with van der Waals surface area (Å²) in [7, 11) is 0. The van der Waals surface area contributed by atoms with Crippen LogP contribution in [-0.2, 0) is 58.4 Å². The molecule has 0 spiro atoms. The smallest absolute Gasteiger partial charge is 0.509 e. The van der Waals surface area contributed by atoms with Crippen molar-refractivity contribution in [3.05, 3.63) is 187 Å². The third-order valence-electron chi connectivity index (χ3n) is 13.5. The van der Waals surface area contributed by atoms with Gasteiger partial charge in [-0.2, -0.15) is 35.0 Å². The normalized spacial score (nSPS) is 12.2. The molecule has 0 atom stereocenters. The molecule has 366 valence electrons. The second kappa shape index (κ2) is 18.5. The molecule has 6 aromatic carbocycles. The predicted molar refractivity (Wildman–Crippen MR) is 285 cm³/mol. The fraction of sp³-hybridized carbons (Fsp3) is 0.194. The third kappa shape index (κ3) is 8.85. The van der Waals surface area contributed by atoms with Crippen molar-refractivity contribution in [2.24, 2.45) is 0 Å². The van der Waals surface area contributed by atoms with Gasteiger partial charge < -0.3 is 23.2 Å². The van der Waals surface area contributed by atoms with Gasteiger partial charge in [0.2, 0.25) is 5.95 Å². The number of rotatable bonds is 7. The molecule has 73 heavy (non-hydrogen) atoms. The van der Waals surface area contributed by atoms with E-state index in [0.717, 1.165) is 82.6 Å². The van der Waals surface area contributed by atoms with Crippen molar-refractivity contribution in [1.82, 2.24) is 33.6 Å². The van der Waals surface area contributed by atoms with E-state index in [4.69, 9.17) is 29.4 Å². The summed E-state index contributed by atoms with van der Waals surface area (Å²) in [6.45, 7) is 19.8. The summed E-state index contributed by atoms with van der Waals surface area (Å²) in [4.78, 5) is 19.6. The van der Waals surface area contributed by atoms with Crippen molar-refractivity contribution in [2.45, 2.75) is 78.6 Å². The van der Waals surface area contributed by atoms with Crippen LogP contribution < -0.4 is 9.47 Å². The number of hydrogen-bond donors (Lipinski definition) is 0. The maximum Gasteiger partial charge on any atom is 2.00 e. The first kappa shape index (κ1) is 49.6. The van der Waals surface area contributed by atoms with E-state index in [0.29, 0.717) is 28.9 Å². The maximum absolute atomic E-state index is 6.69. The molecule has 0 aliphatic heterocycles. The monoisotopic (exact) mass is 1320 g/mol. The van der Waals surface area contributed by atoms with E-state index >= 15 is 0 Å². The maximum atomic E-state index is 6.69. The number of benzene rings is 6. The first-order chi connectivity index (χ1) is 34.1. The Morgan fingerprint density at radius 3 is 1.08 bits per heavy atom. The average molecular weight is 1320 g/mol. The van der Waals surface area contributed by atoms with E-state index in [1.165, 1.54) is 11.1 Å². The second-order valence-electron chi connectivity index (χ2n) is 21.4. The minimum atomic E-state index is -0.136. The number of pyridine rings is 2. The Labute approximate surface area is 453 Å². The number of aromatic nitrogens is 7. The van der Waals surface area contributed by atoms with Crippen LogP contribution in [0.5, 0.6) is 23.0 Å². The Hall–Kier alpha value is -6.92. The second-order valence-corrected chi connectivity index (χ2v) is 21.4. The summed E-state index contributed by atoms with van der Waals surface area (Å²) < 4.78 is 19.7. The minimum absolute atomic E-state index is 0. The molecule has 0 aliphatic carbocycles. The van der Waals surface area contributed by atoms with E-state index < -0.39 is 0 Å². The average Bonchev–Trinajstić information content (AvgIpc) is 3.98. The van der Waals surface area contributed by atoms with Crippen LogP contribution in [0.3, 0.4) is 0 Å². The number of nitrogens with zero attached hydrogens (tertiary/aromatic N) is 7. The zero-order valence-electron chi connectivity index (χ0n) is 41.9. The quantitative estimate of drug-likeness (QED) is 0.148. The molecule has 11 heteroatoms. The molecule has 0 saturated carbocycles. The molecule has 0 fully saturated rings. The van der Waals surface area contributed by atoms with E-state index in [-0.39, 0.29) is 58.4 Å². The van der Waals surface area contributed by atoms with Crippen LogP contribution in [0.1, 0.15) is 79.0 Å². The van der Waals surface area contributed by atoms with Gasteiger partial charge in [0.15, 0.2) is 0 Å². The summed E-state index contributed by atoms with van der Waals surface area (Å²) in [5, 5.41) is 6.22. The molecule has 6 heterocycles. The van der Waals surface area contributed by atoms with Gasteiger partial charge in [0.1, 0.15) is 11.6 Å². The number of fused-ring (bicyclic) bond motifs is 9. The van der Waals surface area contributed by atoms with Crippen molar-refractivity contribution in [3.8, 4) is 40.6 Å². The Bertz CT molecular complexity index is 3840. The fourth-order valence-corrected chi connectivity index (χ4v) is 9.56. The molecule has 6 aromatic heterocycles. The van der Waals surface area contributed by atoms with Gasteiger partial charge in [0, 0.05) is 58.8 Å². The number of hydrogen-bond acceptors (Lipinski definition) is 6. The van der Waals surface area contributed by atoms with Crippen molar-refractivity contribution < 1.29 is 51.6 Å². The molecule has 0 radical (unpaired) electrons. The van der Waals surface area contributed by atoms with Crippen LogP contribution >= 0.6 is 0 Å². The molecule has 0 aliphatic rings. The summed E-state index contributed by atoms with van der Waals surface area (Å²) in [6.07, 6.45) is 7.56. The van der Waals surface area contributed by atoms with Crippen molar-refractivity contribution in [1.29, 1.82) is 0 Å². The molecule has 0 saturated heterocycles. The molecular formula is C62H51N7O2Pt2. The summed E-state index contributed by atoms with van der Waals surface area (Å²) >= 11 is 0. The zero-order chi connectivity index (χ0) is 49.0. The SMILES string of the molecule is CC(C)(C)c1cnc(-n2c3[c-]c(Oc4[c-]c5c(cc4)c4ccccc4n5-c4cc(C(C)(C)C)ccn4)ccc3c3ccc(Oc4[c-]c5c(cc4)c4ccccc4n5-c4cc(C(C)(C)C)ccn4)[c-]c32)nc1.[Pt+2].[Pt+2]. The Morgan fingerprint density at radius 2 is 0.712 bits per heavy atom. The minimum Gasteiger partial charge on any atom is -0.509 e. The molecule has 0 bridgehead atoms. The molecule has 9 nitrogen and oxygen atoms in total. The first-order valence-electron chi connectivity index (χ1n) is 24.0. The topological polar surface area (TPSA) is 84.8 Å². The standard InChI is InChI=1S/C62H51N7O2.2Pt/c1-60(2,3)38-26-28-63-57(30-38)67-51-16-12-10-14-45(51)47-22-18-41(32-53(47)67)70-43-20-24-49-50-25-21-44(35-56(50)69(55(49)34-43)59-65-36-40(37-66-59)62(7,8)9)71-42-19-23-48-46-15-11-13-17-52(46)68(54(48)33-42)58-31-39(27-29-64-58)61(4,5)6;;/h10-31,36-37H,1-9H3;;/q-4;2*+2. The van der Waals surface area contributed by atoms with Crippen LogP contribution in [0.15, 0.2) is 146 Å². The Kier molecular flexibility index (Phi) is 12.6. The first-order valence-corrected chi connectivity index (χ1v) is 24.0. The predicted octanol–water partition coefficient (Wildman–Crippen LogP) is 15.2. The van der Waals surface area contributed by atoms with Gasteiger partial charge in [-0.25, -0.2) is 19.9 Å². The van der Waals surface area contributed by atoms with E-state index in [1.807, 2.05) is 53.6 Å². The van der Waals surface area contributed by atoms with Gasteiger partial charge in [-0.05, 0) is 80.1 Å². The molecule has 0 amide bonds. The fourth-order valence-electron chi connectivity index (χ4n) is 9.56. The molecule has 0 unspecified atom stereocenters. The van der Waals surface area contributed by atoms with E-state index in [9.17, 15) is 0 Å². The van der Waals surface area contributed by atoms with Crippen LogP contribution in [0, 0.1) is 24.3 Å². The van der Waals surface area contributed by atoms with Crippen LogP contribution in [0.25, 0.3) is 83.0 Å². The molecule has 12 rings (SSSR count). The van der Waals surface area contributed by atoms with Crippen molar-refractivity contribution in [3.63, 3.8) is 0 Å². The van der Waals surface area contributed by atoms with Crippen molar-refractivity contribution in [2.75, 3.05) is 0 Å². The van der Waals surface area contributed by atoms with Crippen molar-refractivity contribution >= 4 is 65.4 Å². The number of para-hydroxylation sites is 2. The molecule has 0 N–H and O–H groups in total. The number of ether oxygens (including phenoxy) is 2. The van der Waals surface area contributed by atoms with Crippen LogP contribution in [0.2, 0.25) is 0 Å². The third-order valence-corrected chi connectivity index (χ3v) is 13.5. The summed E-state index contributed by atoms with van der Waals surface area (Å²) in [6, 6.07) is 55.8.